The Balaban J connectivity index is 1.90. The zero-order valence-corrected chi connectivity index (χ0v) is 15.2. The lowest BCUT2D eigenvalue weighted by atomic mass is 9.93. The van der Waals surface area contributed by atoms with Gasteiger partial charge in [-0.25, -0.2) is 0 Å². The van der Waals surface area contributed by atoms with Gasteiger partial charge in [0.05, 0.1) is 6.04 Å². The Kier molecular flexibility index (Phi) is 5.08. The monoisotopic (exact) mass is 345 g/mol. The molecule has 3 rings (SSSR count). The van der Waals surface area contributed by atoms with Crippen LogP contribution in [0.15, 0.2) is 24.5 Å². The Morgan fingerprint density at radius 1 is 1.40 bits per heavy atom. The molecule has 136 valence electrons. The van der Waals surface area contributed by atoms with Gasteiger partial charge in [-0.05, 0) is 44.2 Å². The summed E-state index contributed by atoms with van der Waals surface area (Å²) in [4.78, 5) is 31.5. The van der Waals surface area contributed by atoms with E-state index in [9.17, 15) is 9.59 Å². The topological polar surface area (TPSA) is 71.5 Å². The molecular formula is C19H27N3O3. The molecule has 6 heteroatoms. The number of pyridine rings is 1. The van der Waals surface area contributed by atoms with Gasteiger partial charge in [-0.1, -0.05) is 19.9 Å². The smallest absolute Gasteiger partial charge is 0.252 e. The predicted octanol–water partition coefficient (Wildman–Crippen LogP) is 2.21. The maximum absolute atomic E-state index is 13.0. The minimum absolute atomic E-state index is 0.0414. The van der Waals surface area contributed by atoms with Crippen molar-refractivity contribution in [2.45, 2.75) is 70.2 Å². The third-order valence-corrected chi connectivity index (χ3v) is 5.47. The predicted molar refractivity (Wildman–Crippen MR) is 93.7 cm³/mol. The van der Waals surface area contributed by atoms with Gasteiger partial charge in [-0.3, -0.25) is 14.6 Å². The van der Waals surface area contributed by atoms with E-state index in [1.54, 1.807) is 12.4 Å². The van der Waals surface area contributed by atoms with E-state index in [0.29, 0.717) is 0 Å². The van der Waals surface area contributed by atoms with Crippen LogP contribution in [-0.4, -0.2) is 46.0 Å². The minimum atomic E-state index is -0.708. The van der Waals surface area contributed by atoms with Crippen molar-refractivity contribution in [1.82, 2.24) is 15.2 Å². The fourth-order valence-electron chi connectivity index (χ4n) is 3.31. The van der Waals surface area contributed by atoms with Crippen molar-refractivity contribution in [1.29, 1.82) is 0 Å². The summed E-state index contributed by atoms with van der Waals surface area (Å²) in [6.07, 6.45) is 6.35. The molecule has 2 heterocycles. The number of carbonyl (C=O) groups is 2. The van der Waals surface area contributed by atoms with Gasteiger partial charge in [0.1, 0.15) is 6.61 Å². The highest BCUT2D eigenvalue weighted by atomic mass is 16.5. The van der Waals surface area contributed by atoms with Gasteiger partial charge >= 0.3 is 0 Å². The zero-order valence-electron chi connectivity index (χ0n) is 15.2. The van der Waals surface area contributed by atoms with Crippen LogP contribution in [0, 0.1) is 0 Å². The van der Waals surface area contributed by atoms with Crippen molar-refractivity contribution in [3.8, 4) is 0 Å². The Bertz CT molecular complexity index is 626. The molecular weight excluding hydrogens is 318 g/mol. The molecule has 6 nitrogen and oxygen atoms in total. The summed E-state index contributed by atoms with van der Waals surface area (Å²) in [5, 5.41) is 3.13. The van der Waals surface area contributed by atoms with Gasteiger partial charge in [0.15, 0.2) is 6.10 Å². The molecule has 2 atom stereocenters. The van der Waals surface area contributed by atoms with Crippen LogP contribution in [0.5, 0.6) is 0 Å². The lowest BCUT2D eigenvalue weighted by molar-refractivity contribution is -0.166. The molecule has 1 aromatic heterocycles. The normalized spacial score (nSPS) is 24.3. The molecule has 25 heavy (non-hydrogen) atoms. The highest BCUT2D eigenvalue weighted by Gasteiger charge is 2.48. The molecule has 1 aliphatic carbocycles. The molecule has 0 radical (unpaired) electrons. The van der Waals surface area contributed by atoms with E-state index in [0.717, 1.165) is 31.2 Å². The van der Waals surface area contributed by atoms with E-state index >= 15 is 0 Å². The number of carbonyl (C=O) groups excluding carboxylic acids is 2. The summed E-state index contributed by atoms with van der Waals surface area (Å²) < 4.78 is 5.73. The highest BCUT2D eigenvalue weighted by Crippen LogP contribution is 2.39. The van der Waals surface area contributed by atoms with Crippen molar-refractivity contribution in [3.05, 3.63) is 30.1 Å². The first-order chi connectivity index (χ1) is 12.0. The first-order valence-corrected chi connectivity index (χ1v) is 9.14. The average molecular weight is 345 g/mol. The van der Waals surface area contributed by atoms with E-state index in [1.165, 1.54) is 0 Å². The number of amides is 2. The lowest BCUT2D eigenvalue weighted by Crippen LogP contribution is -2.58. The second kappa shape index (κ2) is 7.12. The Morgan fingerprint density at radius 3 is 2.68 bits per heavy atom. The minimum Gasteiger partial charge on any atom is -0.356 e. The van der Waals surface area contributed by atoms with Gasteiger partial charge in [-0.15, -0.1) is 0 Å². The quantitative estimate of drug-likeness (QED) is 0.858. The van der Waals surface area contributed by atoms with Crippen LogP contribution in [0.25, 0.3) is 0 Å². The van der Waals surface area contributed by atoms with E-state index < -0.39 is 12.1 Å². The number of nitrogens with zero attached hydrogens (tertiary/aromatic N) is 2. The van der Waals surface area contributed by atoms with E-state index in [2.05, 4.69) is 24.1 Å². The fraction of sp³-hybridized carbons (Fsp3) is 0.632. The number of aromatic nitrogens is 1. The first-order valence-electron chi connectivity index (χ1n) is 9.14. The molecule has 1 saturated carbocycles. The van der Waals surface area contributed by atoms with Crippen LogP contribution >= 0.6 is 0 Å². The van der Waals surface area contributed by atoms with Crippen molar-refractivity contribution < 1.29 is 14.3 Å². The van der Waals surface area contributed by atoms with Crippen LogP contribution in [0.1, 0.15) is 58.1 Å². The summed E-state index contributed by atoms with van der Waals surface area (Å²) in [7, 11) is 0. The van der Waals surface area contributed by atoms with Crippen molar-refractivity contribution >= 4 is 11.8 Å². The molecule has 2 amide bonds. The molecule has 0 bridgehead atoms. The standard InChI is InChI=1S/C19H27N3O3/c1-4-19(3,5-2)21-18(24)17-16(13-7-6-10-20-11-13)22(14-8-9-14)15(23)12-25-17/h6-7,10-11,14,16-17H,4-5,8-9,12H2,1-3H3,(H,21,24)/t16-,17+/m1/s1. The highest BCUT2D eigenvalue weighted by molar-refractivity contribution is 5.87. The van der Waals surface area contributed by atoms with E-state index in [-0.39, 0.29) is 30.0 Å². The molecule has 0 spiro atoms. The third kappa shape index (κ3) is 3.68. The lowest BCUT2D eigenvalue weighted by Gasteiger charge is -2.42. The summed E-state index contributed by atoms with van der Waals surface area (Å²) in [6, 6.07) is 3.53. The summed E-state index contributed by atoms with van der Waals surface area (Å²) in [6.45, 7) is 6.12. The number of ether oxygens (including phenoxy) is 1. The van der Waals surface area contributed by atoms with Crippen LogP contribution in [0.4, 0.5) is 0 Å². The first kappa shape index (κ1) is 17.9. The van der Waals surface area contributed by atoms with E-state index in [1.807, 2.05) is 24.0 Å². The van der Waals surface area contributed by atoms with Crippen molar-refractivity contribution in [2.75, 3.05) is 6.61 Å². The van der Waals surface area contributed by atoms with Gasteiger partial charge in [0, 0.05) is 24.0 Å². The maximum Gasteiger partial charge on any atom is 0.252 e. The van der Waals surface area contributed by atoms with Crippen LogP contribution < -0.4 is 5.32 Å². The molecule has 2 aliphatic rings. The Labute approximate surface area is 148 Å². The second-order valence-corrected chi connectivity index (χ2v) is 7.25. The largest absolute Gasteiger partial charge is 0.356 e. The molecule has 0 aromatic carbocycles. The van der Waals surface area contributed by atoms with Gasteiger partial charge in [-0.2, -0.15) is 0 Å². The molecule has 1 saturated heterocycles. The number of hydrogen-bond donors (Lipinski definition) is 1. The molecule has 1 aliphatic heterocycles. The van der Waals surface area contributed by atoms with Crippen LogP contribution in [0.3, 0.4) is 0 Å². The molecule has 1 aromatic rings. The van der Waals surface area contributed by atoms with Crippen molar-refractivity contribution in [2.24, 2.45) is 0 Å². The van der Waals surface area contributed by atoms with Gasteiger partial charge < -0.3 is 15.0 Å². The summed E-state index contributed by atoms with van der Waals surface area (Å²) in [5.74, 6) is -0.202. The number of nitrogens with one attached hydrogen (secondary N) is 1. The summed E-state index contributed by atoms with van der Waals surface area (Å²) >= 11 is 0. The number of morpholine rings is 1. The van der Waals surface area contributed by atoms with E-state index in [4.69, 9.17) is 4.74 Å². The Morgan fingerprint density at radius 2 is 2.12 bits per heavy atom. The zero-order chi connectivity index (χ0) is 18.0. The van der Waals surface area contributed by atoms with Crippen LogP contribution in [0.2, 0.25) is 0 Å². The van der Waals surface area contributed by atoms with Gasteiger partial charge in [0.25, 0.3) is 5.91 Å². The van der Waals surface area contributed by atoms with Crippen LogP contribution in [-0.2, 0) is 14.3 Å². The average Bonchev–Trinajstić information content (AvgIpc) is 3.46. The fourth-order valence-corrected chi connectivity index (χ4v) is 3.31. The summed E-state index contributed by atoms with van der Waals surface area (Å²) in [5.41, 5.74) is 0.573. The molecule has 2 fully saturated rings. The maximum atomic E-state index is 13.0. The molecule has 1 N–H and O–H groups in total. The second-order valence-electron chi connectivity index (χ2n) is 7.25. The number of hydrogen-bond acceptors (Lipinski definition) is 4. The molecule has 0 unspecified atom stereocenters. The SMILES string of the molecule is CCC(C)(CC)NC(=O)[C@H]1OCC(=O)N(C2CC2)[C@@H]1c1cccnc1. The number of rotatable bonds is 6. The third-order valence-electron chi connectivity index (χ3n) is 5.47. The Hall–Kier alpha value is -1.95. The van der Waals surface area contributed by atoms with Gasteiger partial charge in [0.2, 0.25) is 5.91 Å². The van der Waals surface area contributed by atoms with Crippen molar-refractivity contribution in [3.63, 3.8) is 0 Å².